The fourth-order valence-corrected chi connectivity index (χ4v) is 2.02. The molecule has 0 fully saturated rings. The second kappa shape index (κ2) is 6.79. The summed E-state index contributed by atoms with van der Waals surface area (Å²) in [5.41, 5.74) is 2.22. The van der Waals surface area contributed by atoms with Crippen LogP contribution in [0.5, 0.6) is 11.5 Å². The summed E-state index contributed by atoms with van der Waals surface area (Å²) in [5.74, 6) is -0.308. The van der Waals surface area contributed by atoms with Crippen molar-refractivity contribution in [2.45, 2.75) is 20.5 Å². The second-order valence-corrected chi connectivity index (χ2v) is 4.59. The topological polar surface area (TPSA) is 55.8 Å². The SMILES string of the molecule is CCOc1cccc(C(=O)O)c1OCc1ccccc1C. The van der Waals surface area contributed by atoms with Crippen LogP contribution in [-0.4, -0.2) is 17.7 Å². The molecule has 0 heterocycles. The zero-order valence-corrected chi connectivity index (χ0v) is 12.1. The maximum Gasteiger partial charge on any atom is 0.339 e. The molecule has 1 N–H and O–H groups in total. The van der Waals surface area contributed by atoms with Crippen LogP contribution in [0.4, 0.5) is 0 Å². The maximum atomic E-state index is 11.3. The molecule has 2 aromatic rings. The Morgan fingerprint density at radius 1 is 1.10 bits per heavy atom. The van der Waals surface area contributed by atoms with Gasteiger partial charge in [-0.3, -0.25) is 0 Å². The molecule has 0 bridgehead atoms. The first-order valence-electron chi connectivity index (χ1n) is 6.80. The highest BCUT2D eigenvalue weighted by Crippen LogP contribution is 2.32. The van der Waals surface area contributed by atoms with E-state index in [4.69, 9.17) is 9.47 Å². The van der Waals surface area contributed by atoms with Crippen molar-refractivity contribution >= 4 is 5.97 Å². The Kier molecular flexibility index (Phi) is 4.82. The highest BCUT2D eigenvalue weighted by molar-refractivity contribution is 5.92. The van der Waals surface area contributed by atoms with Crippen molar-refractivity contribution in [1.82, 2.24) is 0 Å². The number of ether oxygens (including phenoxy) is 2. The molecule has 0 atom stereocenters. The number of carboxylic acids is 1. The molecule has 4 nitrogen and oxygen atoms in total. The van der Waals surface area contributed by atoms with E-state index in [0.717, 1.165) is 11.1 Å². The first-order chi connectivity index (χ1) is 10.1. The molecule has 0 saturated carbocycles. The van der Waals surface area contributed by atoms with Crippen LogP contribution in [0.25, 0.3) is 0 Å². The first-order valence-corrected chi connectivity index (χ1v) is 6.80. The summed E-state index contributed by atoms with van der Waals surface area (Å²) in [6.45, 7) is 4.59. The summed E-state index contributed by atoms with van der Waals surface area (Å²) >= 11 is 0. The normalized spacial score (nSPS) is 10.2. The minimum atomic E-state index is -1.03. The molecule has 0 aliphatic heterocycles. The summed E-state index contributed by atoms with van der Waals surface area (Å²) in [4.78, 5) is 11.3. The van der Waals surface area contributed by atoms with Crippen molar-refractivity contribution < 1.29 is 19.4 Å². The highest BCUT2D eigenvalue weighted by Gasteiger charge is 2.16. The van der Waals surface area contributed by atoms with Crippen LogP contribution in [0.2, 0.25) is 0 Å². The van der Waals surface area contributed by atoms with E-state index >= 15 is 0 Å². The van der Waals surface area contributed by atoms with Crippen LogP contribution in [0.15, 0.2) is 42.5 Å². The fourth-order valence-electron chi connectivity index (χ4n) is 2.02. The molecular formula is C17H18O4. The minimum Gasteiger partial charge on any atom is -0.490 e. The van der Waals surface area contributed by atoms with Gasteiger partial charge in [-0.1, -0.05) is 30.3 Å². The van der Waals surface area contributed by atoms with E-state index in [-0.39, 0.29) is 11.3 Å². The van der Waals surface area contributed by atoms with Crippen LogP contribution in [0.3, 0.4) is 0 Å². The van der Waals surface area contributed by atoms with E-state index in [0.29, 0.717) is 19.0 Å². The molecule has 0 aliphatic carbocycles. The van der Waals surface area contributed by atoms with E-state index in [1.165, 1.54) is 6.07 Å². The molecular weight excluding hydrogens is 268 g/mol. The van der Waals surface area contributed by atoms with Gasteiger partial charge in [0.05, 0.1) is 6.61 Å². The van der Waals surface area contributed by atoms with Crippen LogP contribution >= 0.6 is 0 Å². The summed E-state index contributed by atoms with van der Waals surface area (Å²) in [6.07, 6.45) is 0. The van der Waals surface area contributed by atoms with Crippen molar-refractivity contribution in [3.8, 4) is 11.5 Å². The third-order valence-corrected chi connectivity index (χ3v) is 3.14. The van der Waals surface area contributed by atoms with Crippen molar-refractivity contribution in [1.29, 1.82) is 0 Å². The van der Waals surface area contributed by atoms with Gasteiger partial charge >= 0.3 is 5.97 Å². The van der Waals surface area contributed by atoms with E-state index in [9.17, 15) is 9.90 Å². The van der Waals surface area contributed by atoms with E-state index in [1.807, 2.05) is 38.1 Å². The van der Waals surface area contributed by atoms with Crippen LogP contribution in [0, 0.1) is 6.92 Å². The van der Waals surface area contributed by atoms with Crippen LogP contribution in [0.1, 0.15) is 28.4 Å². The summed E-state index contributed by atoms with van der Waals surface area (Å²) in [6, 6.07) is 12.7. The maximum absolute atomic E-state index is 11.3. The lowest BCUT2D eigenvalue weighted by atomic mass is 10.1. The Balaban J connectivity index is 2.29. The fraction of sp³-hybridized carbons (Fsp3) is 0.235. The number of rotatable bonds is 6. The lowest BCUT2D eigenvalue weighted by molar-refractivity contribution is 0.0690. The zero-order valence-electron chi connectivity index (χ0n) is 12.1. The lowest BCUT2D eigenvalue weighted by Crippen LogP contribution is -2.06. The molecule has 0 aliphatic rings. The van der Waals surface area contributed by atoms with E-state index < -0.39 is 5.97 Å². The van der Waals surface area contributed by atoms with E-state index in [2.05, 4.69) is 0 Å². The summed E-state index contributed by atoms with van der Waals surface area (Å²) in [7, 11) is 0. The number of aryl methyl sites for hydroxylation is 1. The van der Waals surface area contributed by atoms with Gasteiger partial charge in [-0.25, -0.2) is 4.79 Å². The molecule has 0 spiro atoms. The van der Waals surface area contributed by atoms with Gasteiger partial charge in [0, 0.05) is 0 Å². The predicted molar refractivity (Wildman–Crippen MR) is 80.1 cm³/mol. The van der Waals surface area contributed by atoms with Gasteiger partial charge < -0.3 is 14.6 Å². The monoisotopic (exact) mass is 286 g/mol. The van der Waals surface area contributed by atoms with Crippen LogP contribution in [-0.2, 0) is 6.61 Å². The van der Waals surface area contributed by atoms with Crippen molar-refractivity contribution in [2.24, 2.45) is 0 Å². The molecule has 110 valence electrons. The molecule has 21 heavy (non-hydrogen) atoms. The van der Waals surface area contributed by atoms with Gasteiger partial charge in [0.25, 0.3) is 0 Å². The largest absolute Gasteiger partial charge is 0.490 e. The lowest BCUT2D eigenvalue weighted by Gasteiger charge is -2.15. The Hall–Kier alpha value is -2.49. The average Bonchev–Trinajstić information content (AvgIpc) is 2.47. The highest BCUT2D eigenvalue weighted by atomic mass is 16.5. The minimum absolute atomic E-state index is 0.106. The Labute approximate surface area is 123 Å². The molecule has 0 radical (unpaired) electrons. The number of para-hydroxylation sites is 1. The molecule has 2 rings (SSSR count). The van der Waals surface area contributed by atoms with Gasteiger partial charge in [-0.15, -0.1) is 0 Å². The van der Waals surface area contributed by atoms with Crippen LogP contribution < -0.4 is 9.47 Å². The summed E-state index contributed by atoms with van der Waals surface area (Å²) < 4.78 is 11.2. The second-order valence-electron chi connectivity index (χ2n) is 4.59. The van der Waals surface area contributed by atoms with Gasteiger partial charge in [0.2, 0.25) is 0 Å². The number of hydrogen-bond acceptors (Lipinski definition) is 3. The number of hydrogen-bond donors (Lipinski definition) is 1. The molecule has 2 aromatic carbocycles. The number of aromatic carboxylic acids is 1. The van der Waals surface area contributed by atoms with Gasteiger partial charge in [0.15, 0.2) is 11.5 Å². The van der Waals surface area contributed by atoms with E-state index in [1.54, 1.807) is 12.1 Å². The van der Waals surface area contributed by atoms with Crippen molar-refractivity contribution in [3.63, 3.8) is 0 Å². The van der Waals surface area contributed by atoms with Gasteiger partial charge in [-0.2, -0.15) is 0 Å². The third kappa shape index (κ3) is 3.54. The smallest absolute Gasteiger partial charge is 0.339 e. The summed E-state index contributed by atoms with van der Waals surface area (Å²) in [5, 5.41) is 9.27. The standard InChI is InChI=1S/C17H18O4/c1-3-20-15-10-6-9-14(17(18)19)16(15)21-11-13-8-5-4-7-12(13)2/h4-10H,3,11H2,1-2H3,(H,18,19). The Morgan fingerprint density at radius 2 is 1.86 bits per heavy atom. The molecule has 0 amide bonds. The van der Waals surface area contributed by atoms with Crippen molar-refractivity contribution in [3.05, 3.63) is 59.2 Å². The quantitative estimate of drug-likeness (QED) is 0.880. The van der Waals surface area contributed by atoms with Crippen molar-refractivity contribution in [2.75, 3.05) is 6.61 Å². The number of carboxylic acid groups (broad SMARTS) is 1. The molecule has 0 unspecified atom stereocenters. The number of benzene rings is 2. The third-order valence-electron chi connectivity index (χ3n) is 3.14. The number of carbonyl (C=O) groups is 1. The first kappa shape index (κ1) is 14.9. The molecule has 0 aromatic heterocycles. The Morgan fingerprint density at radius 3 is 2.52 bits per heavy atom. The van der Waals surface area contributed by atoms with Gasteiger partial charge in [-0.05, 0) is 37.1 Å². The predicted octanol–water partition coefficient (Wildman–Crippen LogP) is 3.67. The zero-order chi connectivity index (χ0) is 15.2. The van der Waals surface area contributed by atoms with Gasteiger partial charge in [0.1, 0.15) is 12.2 Å². The molecule has 4 heteroatoms. The Bertz CT molecular complexity index is 634. The average molecular weight is 286 g/mol. The molecule has 0 saturated heterocycles.